The Bertz CT molecular complexity index is 975. The number of carbonyl (C=O) groups is 3. The highest BCUT2D eigenvalue weighted by Gasteiger charge is 2.27. The molecule has 0 spiro atoms. The summed E-state index contributed by atoms with van der Waals surface area (Å²) in [4.78, 5) is 46.4. The molecule has 2 aromatic rings. The summed E-state index contributed by atoms with van der Waals surface area (Å²) < 4.78 is 11.1. The maximum Gasteiger partial charge on any atom is 0.315 e. The topological polar surface area (TPSA) is 107 Å². The number of ether oxygens (including phenoxy) is 2. The van der Waals surface area contributed by atoms with E-state index in [9.17, 15) is 14.4 Å². The zero-order valence-electron chi connectivity index (χ0n) is 18.1. The van der Waals surface area contributed by atoms with Crippen LogP contribution in [0.2, 0.25) is 0 Å². The fourth-order valence-electron chi connectivity index (χ4n) is 3.32. The van der Waals surface area contributed by atoms with Gasteiger partial charge in [0.2, 0.25) is 5.78 Å². The minimum Gasteiger partial charge on any atom is -0.379 e. The molecular formula is C24H27N3O5. The second-order valence-electron chi connectivity index (χ2n) is 7.45. The number of carbonyl (C=O) groups excluding carboxylic acids is 3. The lowest BCUT2D eigenvalue weighted by atomic mass is 10.0. The van der Waals surface area contributed by atoms with Crippen LogP contribution in [0.5, 0.6) is 0 Å². The van der Waals surface area contributed by atoms with Gasteiger partial charge in [0, 0.05) is 30.1 Å². The molecule has 0 fully saturated rings. The van der Waals surface area contributed by atoms with Gasteiger partial charge < -0.3 is 14.8 Å². The van der Waals surface area contributed by atoms with Crippen LogP contribution in [0.4, 0.5) is 0 Å². The highest BCUT2D eigenvalue weighted by atomic mass is 16.5. The van der Waals surface area contributed by atoms with Gasteiger partial charge in [-0.05, 0) is 43.9 Å². The van der Waals surface area contributed by atoms with Gasteiger partial charge >= 0.3 is 5.91 Å². The van der Waals surface area contributed by atoms with Crippen molar-refractivity contribution in [3.05, 3.63) is 65.5 Å². The van der Waals surface area contributed by atoms with Crippen molar-refractivity contribution in [3.8, 4) is 0 Å². The molecule has 0 bridgehead atoms. The third kappa shape index (κ3) is 6.63. The van der Waals surface area contributed by atoms with E-state index in [-0.39, 0.29) is 6.61 Å². The van der Waals surface area contributed by atoms with Crippen LogP contribution in [0.25, 0.3) is 0 Å². The molecule has 168 valence electrons. The number of fused-ring (bicyclic) bond motifs is 1. The number of nitrogens with one attached hydrogen (secondary N) is 1. The zero-order chi connectivity index (χ0) is 22.8. The van der Waals surface area contributed by atoms with Gasteiger partial charge in [-0.15, -0.1) is 0 Å². The highest BCUT2D eigenvalue weighted by Crippen LogP contribution is 2.13. The molecular weight excluding hydrogens is 410 g/mol. The van der Waals surface area contributed by atoms with E-state index in [2.05, 4.69) is 15.3 Å². The molecule has 0 saturated carbocycles. The number of hydrogen-bond acceptors (Lipinski definition) is 6. The van der Waals surface area contributed by atoms with Gasteiger partial charge in [0.05, 0.1) is 31.6 Å². The third-order valence-electron chi connectivity index (χ3n) is 5.10. The van der Waals surface area contributed by atoms with Crippen LogP contribution >= 0.6 is 0 Å². The summed E-state index contributed by atoms with van der Waals surface area (Å²) in [6.07, 6.45) is 4.81. The highest BCUT2D eigenvalue weighted by molar-refractivity contribution is 6.40. The second-order valence-corrected chi connectivity index (χ2v) is 7.45. The van der Waals surface area contributed by atoms with Crippen LogP contribution < -0.4 is 5.32 Å². The molecule has 0 saturated heterocycles. The first-order valence-electron chi connectivity index (χ1n) is 10.6. The van der Waals surface area contributed by atoms with Gasteiger partial charge in [-0.2, -0.15) is 0 Å². The van der Waals surface area contributed by atoms with Crippen molar-refractivity contribution >= 4 is 23.3 Å². The Balaban J connectivity index is 1.79. The van der Waals surface area contributed by atoms with E-state index in [1.807, 2.05) is 6.07 Å². The van der Waals surface area contributed by atoms with E-state index in [0.717, 1.165) is 0 Å². The molecule has 2 amide bonds. The summed E-state index contributed by atoms with van der Waals surface area (Å²) in [6.45, 7) is 3.29. The molecule has 2 heterocycles. The van der Waals surface area contributed by atoms with Gasteiger partial charge in [0.15, 0.2) is 0 Å². The van der Waals surface area contributed by atoms with Gasteiger partial charge in [-0.25, -0.2) is 4.99 Å². The standard InChI is InChI=1S/C24H27N3O5/c1-17(18-8-6-11-25-15-18)26-24(30)22(28)21-10-4-5-12-31-13-14-32-16-19-7-2-3-9-20(19)23(29)27-21/h2-3,6-9,11,15,21H,4-5,10,12-14,16H2,1H3,(H,27,29). The SMILES string of the molecule is CC(=NC(=O)C(=O)C1CCCCOCCOCc2ccccc2C(=O)N1)c1cccnc1. The molecule has 1 unspecified atom stereocenters. The van der Waals surface area contributed by atoms with Crippen LogP contribution in [0.1, 0.15) is 47.7 Å². The normalized spacial score (nSPS) is 18.7. The van der Waals surface area contributed by atoms with Gasteiger partial charge in [-0.1, -0.05) is 24.3 Å². The summed E-state index contributed by atoms with van der Waals surface area (Å²) in [5.41, 5.74) is 2.14. The Labute approximate surface area is 187 Å². The molecule has 8 heteroatoms. The first-order valence-corrected chi connectivity index (χ1v) is 10.6. The molecule has 1 N–H and O–H groups in total. The number of amides is 2. The maximum atomic E-state index is 13.0. The van der Waals surface area contributed by atoms with Crippen LogP contribution in [0.3, 0.4) is 0 Å². The first kappa shape index (κ1) is 23.4. The predicted octanol–water partition coefficient (Wildman–Crippen LogP) is 2.50. The molecule has 1 aromatic heterocycles. The minimum absolute atomic E-state index is 0.249. The molecule has 1 aliphatic heterocycles. The van der Waals surface area contributed by atoms with Gasteiger partial charge in [0.25, 0.3) is 5.91 Å². The van der Waals surface area contributed by atoms with Crippen LogP contribution in [-0.2, 0) is 25.7 Å². The van der Waals surface area contributed by atoms with Gasteiger partial charge in [0.1, 0.15) is 0 Å². The molecule has 1 atom stereocenters. The lowest BCUT2D eigenvalue weighted by molar-refractivity contribution is -0.137. The zero-order valence-corrected chi connectivity index (χ0v) is 18.1. The van der Waals surface area contributed by atoms with Crippen molar-refractivity contribution in [2.45, 2.75) is 38.8 Å². The summed E-state index contributed by atoms with van der Waals surface area (Å²) in [7, 11) is 0. The summed E-state index contributed by atoms with van der Waals surface area (Å²) in [5.74, 6) is -2.06. The average molecular weight is 437 g/mol. The Kier molecular flexibility index (Phi) is 8.77. The first-order chi connectivity index (χ1) is 15.6. The number of aromatic nitrogens is 1. The van der Waals surface area contributed by atoms with E-state index in [0.29, 0.717) is 61.5 Å². The lowest BCUT2D eigenvalue weighted by Crippen LogP contribution is -2.44. The van der Waals surface area contributed by atoms with Crippen LogP contribution in [-0.4, -0.2) is 54.2 Å². The molecule has 1 aromatic carbocycles. The largest absolute Gasteiger partial charge is 0.379 e. The Morgan fingerprint density at radius 2 is 1.88 bits per heavy atom. The van der Waals surface area contributed by atoms with E-state index < -0.39 is 23.6 Å². The van der Waals surface area contributed by atoms with Crippen molar-refractivity contribution in [2.24, 2.45) is 4.99 Å². The number of benzene rings is 1. The average Bonchev–Trinajstić information content (AvgIpc) is 2.82. The fourth-order valence-corrected chi connectivity index (χ4v) is 3.32. The van der Waals surface area contributed by atoms with E-state index in [1.165, 1.54) is 0 Å². The number of aliphatic imine (C=N–C) groups is 1. The molecule has 8 nitrogen and oxygen atoms in total. The number of nitrogens with zero attached hydrogens (tertiary/aromatic N) is 2. The minimum atomic E-state index is -0.975. The van der Waals surface area contributed by atoms with E-state index >= 15 is 0 Å². The maximum absolute atomic E-state index is 13.0. The fraction of sp³-hybridized carbons (Fsp3) is 0.375. The predicted molar refractivity (Wildman–Crippen MR) is 118 cm³/mol. The summed E-state index contributed by atoms with van der Waals surface area (Å²) in [5, 5.41) is 2.73. The van der Waals surface area contributed by atoms with Crippen molar-refractivity contribution in [1.29, 1.82) is 0 Å². The van der Waals surface area contributed by atoms with Crippen molar-refractivity contribution in [1.82, 2.24) is 10.3 Å². The number of hydrogen-bond donors (Lipinski definition) is 1. The lowest BCUT2D eigenvalue weighted by Gasteiger charge is -2.18. The molecule has 1 aliphatic rings. The van der Waals surface area contributed by atoms with Crippen LogP contribution in [0.15, 0.2) is 53.8 Å². The molecule has 0 radical (unpaired) electrons. The van der Waals surface area contributed by atoms with Crippen molar-refractivity contribution in [3.63, 3.8) is 0 Å². The molecule has 3 rings (SSSR count). The van der Waals surface area contributed by atoms with E-state index in [4.69, 9.17) is 9.47 Å². The van der Waals surface area contributed by atoms with E-state index in [1.54, 1.807) is 49.6 Å². The third-order valence-corrected chi connectivity index (χ3v) is 5.10. The Hall–Kier alpha value is -3.23. The quantitative estimate of drug-likeness (QED) is 0.584. The van der Waals surface area contributed by atoms with Crippen LogP contribution in [0, 0.1) is 0 Å². The molecule has 0 aliphatic carbocycles. The summed E-state index contributed by atoms with van der Waals surface area (Å²) in [6, 6.07) is 9.53. The van der Waals surface area contributed by atoms with Gasteiger partial charge in [-0.3, -0.25) is 19.4 Å². The smallest absolute Gasteiger partial charge is 0.315 e. The number of rotatable bonds is 3. The number of Topliss-reactive ketones (excluding diaryl/α,β-unsaturated/α-hetero) is 1. The second kappa shape index (κ2) is 12.0. The monoisotopic (exact) mass is 437 g/mol. The summed E-state index contributed by atoms with van der Waals surface area (Å²) >= 11 is 0. The van der Waals surface area contributed by atoms with Crippen molar-refractivity contribution in [2.75, 3.05) is 19.8 Å². The molecule has 32 heavy (non-hydrogen) atoms. The Morgan fingerprint density at radius 3 is 2.69 bits per heavy atom. The Morgan fingerprint density at radius 1 is 1.06 bits per heavy atom. The number of pyridine rings is 1. The van der Waals surface area contributed by atoms with Crippen molar-refractivity contribution < 1.29 is 23.9 Å². The number of ketones is 1.